The van der Waals surface area contributed by atoms with Gasteiger partial charge in [-0.05, 0) is 42.7 Å². The van der Waals surface area contributed by atoms with Gasteiger partial charge in [0.05, 0.1) is 7.11 Å². The monoisotopic (exact) mass is 338 g/mol. The molecule has 1 aliphatic rings. The SMILES string of the molecule is COc1ccc(C2(CNc3nc4ccccc4o3)CCOCC2)cc1. The predicted octanol–water partition coefficient (Wildman–Crippen LogP) is 4.00. The Morgan fingerprint density at radius 2 is 1.84 bits per heavy atom. The molecule has 0 atom stereocenters. The molecule has 1 saturated heterocycles. The summed E-state index contributed by atoms with van der Waals surface area (Å²) in [5.74, 6) is 0.873. The normalized spacial score (nSPS) is 16.7. The van der Waals surface area contributed by atoms with Gasteiger partial charge in [0.25, 0.3) is 6.01 Å². The molecule has 0 spiro atoms. The molecule has 0 unspecified atom stereocenters. The fourth-order valence-electron chi connectivity index (χ4n) is 3.47. The van der Waals surface area contributed by atoms with Gasteiger partial charge in [-0.1, -0.05) is 24.3 Å². The molecular weight excluding hydrogens is 316 g/mol. The van der Waals surface area contributed by atoms with Gasteiger partial charge in [0.1, 0.15) is 11.3 Å². The smallest absolute Gasteiger partial charge is 0.295 e. The second-order valence-corrected chi connectivity index (χ2v) is 6.46. The van der Waals surface area contributed by atoms with Gasteiger partial charge in [0, 0.05) is 25.2 Å². The highest BCUT2D eigenvalue weighted by Gasteiger charge is 2.34. The quantitative estimate of drug-likeness (QED) is 0.762. The van der Waals surface area contributed by atoms with Crippen molar-refractivity contribution in [3.05, 3.63) is 54.1 Å². The van der Waals surface area contributed by atoms with E-state index < -0.39 is 0 Å². The number of nitrogens with zero attached hydrogens (tertiary/aromatic N) is 1. The Hall–Kier alpha value is -2.53. The van der Waals surface area contributed by atoms with Gasteiger partial charge in [-0.15, -0.1) is 0 Å². The lowest BCUT2D eigenvalue weighted by atomic mass is 9.74. The van der Waals surface area contributed by atoms with E-state index in [1.54, 1.807) is 7.11 Å². The van der Waals surface area contributed by atoms with Crippen molar-refractivity contribution in [2.24, 2.45) is 0 Å². The summed E-state index contributed by atoms with van der Waals surface area (Å²) in [6.07, 6.45) is 1.93. The first-order chi connectivity index (χ1) is 12.3. The summed E-state index contributed by atoms with van der Waals surface area (Å²) in [5, 5.41) is 3.41. The van der Waals surface area contributed by atoms with Crippen molar-refractivity contribution in [3.63, 3.8) is 0 Å². The Balaban J connectivity index is 1.57. The second-order valence-electron chi connectivity index (χ2n) is 6.46. The van der Waals surface area contributed by atoms with Crippen LogP contribution in [-0.4, -0.2) is 31.9 Å². The summed E-state index contributed by atoms with van der Waals surface area (Å²) < 4.78 is 16.7. The van der Waals surface area contributed by atoms with Gasteiger partial charge in [-0.2, -0.15) is 4.98 Å². The van der Waals surface area contributed by atoms with Crippen LogP contribution in [0.4, 0.5) is 6.01 Å². The van der Waals surface area contributed by atoms with Crippen LogP contribution in [0.2, 0.25) is 0 Å². The maximum Gasteiger partial charge on any atom is 0.295 e. The predicted molar refractivity (Wildman–Crippen MR) is 97.2 cm³/mol. The Bertz CT molecular complexity index is 803. The topological polar surface area (TPSA) is 56.5 Å². The Kier molecular flexibility index (Phi) is 4.32. The van der Waals surface area contributed by atoms with Gasteiger partial charge in [-0.25, -0.2) is 0 Å². The highest BCUT2D eigenvalue weighted by molar-refractivity contribution is 5.74. The molecule has 2 heterocycles. The number of anilines is 1. The summed E-state index contributed by atoms with van der Waals surface area (Å²) in [6, 6.07) is 16.7. The number of oxazole rings is 1. The minimum Gasteiger partial charge on any atom is -0.497 e. The number of ether oxygens (including phenoxy) is 2. The molecule has 0 aliphatic carbocycles. The molecular formula is C20H22N2O3. The zero-order valence-electron chi connectivity index (χ0n) is 14.3. The Labute approximate surface area is 147 Å². The zero-order valence-corrected chi connectivity index (χ0v) is 14.3. The van der Waals surface area contributed by atoms with Crippen LogP contribution in [0.1, 0.15) is 18.4 Å². The van der Waals surface area contributed by atoms with Crippen LogP contribution in [0.15, 0.2) is 52.9 Å². The molecule has 1 aromatic heterocycles. The zero-order chi connectivity index (χ0) is 17.1. The Morgan fingerprint density at radius 3 is 2.56 bits per heavy atom. The summed E-state index contributed by atoms with van der Waals surface area (Å²) in [7, 11) is 1.69. The van der Waals surface area contributed by atoms with Crippen molar-refractivity contribution < 1.29 is 13.9 Å². The molecule has 1 N–H and O–H groups in total. The first-order valence-corrected chi connectivity index (χ1v) is 8.61. The van der Waals surface area contributed by atoms with Gasteiger partial charge >= 0.3 is 0 Å². The molecule has 0 radical (unpaired) electrons. The molecule has 4 rings (SSSR count). The van der Waals surface area contributed by atoms with Crippen LogP contribution in [0.3, 0.4) is 0 Å². The van der Waals surface area contributed by atoms with Crippen molar-refractivity contribution in [1.29, 1.82) is 0 Å². The van der Waals surface area contributed by atoms with E-state index >= 15 is 0 Å². The number of nitrogens with one attached hydrogen (secondary N) is 1. The molecule has 0 amide bonds. The average molecular weight is 338 g/mol. The summed E-state index contributed by atoms with van der Waals surface area (Å²) in [6.45, 7) is 2.29. The van der Waals surface area contributed by atoms with Crippen molar-refractivity contribution in [2.75, 3.05) is 32.2 Å². The van der Waals surface area contributed by atoms with E-state index in [-0.39, 0.29) is 5.41 Å². The highest BCUT2D eigenvalue weighted by Crippen LogP contribution is 2.36. The minimum absolute atomic E-state index is 0.00513. The van der Waals surface area contributed by atoms with Crippen LogP contribution in [0, 0.1) is 0 Å². The van der Waals surface area contributed by atoms with Crippen LogP contribution < -0.4 is 10.1 Å². The fourth-order valence-corrected chi connectivity index (χ4v) is 3.47. The highest BCUT2D eigenvalue weighted by atomic mass is 16.5. The largest absolute Gasteiger partial charge is 0.497 e. The summed E-state index contributed by atoms with van der Waals surface area (Å²) >= 11 is 0. The molecule has 5 heteroatoms. The lowest BCUT2D eigenvalue weighted by Gasteiger charge is -2.37. The molecule has 0 bridgehead atoms. The standard InChI is InChI=1S/C20H22N2O3/c1-23-16-8-6-15(7-9-16)20(10-12-24-13-11-20)14-21-19-22-17-4-2-3-5-18(17)25-19/h2-9H,10-14H2,1H3,(H,21,22). The second kappa shape index (κ2) is 6.76. The number of hydrogen-bond donors (Lipinski definition) is 1. The van der Waals surface area contributed by atoms with E-state index in [1.165, 1.54) is 5.56 Å². The third-order valence-electron chi connectivity index (χ3n) is 5.02. The number of methoxy groups -OCH3 is 1. The van der Waals surface area contributed by atoms with Crippen molar-refractivity contribution >= 4 is 17.1 Å². The maximum absolute atomic E-state index is 5.80. The van der Waals surface area contributed by atoms with Crippen LogP contribution in [-0.2, 0) is 10.2 Å². The Morgan fingerprint density at radius 1 is 1.08 bits per heavy atom. The van der Waals surface area contributed by atoms with Gasteiger partial charge in [0.15, 0.2) is 5.58 Å². The third-order valence-corrected chi connectivity index (χ3v) is 5.02. The van der Waals surface area contributed by atoms with E-state index in [1.807, 2.05) is 36.4 Å². The number of aromatic nitrogens is 1. The van der Waals surface area contributed by atoms with E-state index in [0.29, 0.717) is 6.01 Å². The summed E-state index contributed by atoms with van der Waals surface area (Å²) in [4.78, 5) is 4.52. The molecule has 25 heavy (non-hydrogen) atoms. The fraction of sp³-hybridized carbons (Fsp3) is 0.350. The number of fused-ring (bicyclic) bond motifs is 1. The lowest BCUT2D eigenvalue weighted by molar-refractivity contribution is 0.0542. The molecule has 1 fully saturated rings. The van der Waals surface area contributed by atoms with E-state index in [4.69, 9.17) is 13.9 Å². The van der Waals surface area contributed by atoms with E-state index in [9.17, 15) is 0 Å². The van der Waals surface area contributed by atoms with Gasteiger partial charge in [-0.3, -0.25) is 0 Å². The van der Waals surface area contributed by atoms with Crippen LogP contribution in [0.25, 0.3) is 11.1 Å². The van der Waals surface area contributed by atoms with Crippen molar-refractivity contribution in [3.8, 4) is 5.75 Å². The van der Waals surface area contributed by atoms with Crippen molar-refractivity contribution in [2.45, 2.75) is 18.3 Å². The average Bonchev–Trinajstić information content (AvgIpc) is 3.10. The molecule has 130 valence electrons. The first kappa shape index (κ1) is 16.0. The first-order valence-electron chi connectivity index (χ1n) is 8.61. The van der Waals surface area contributed by atoms with Crippen LogP contribution >= 0.6 is 0 Å². The number of hydrogen-bond acceptors (Lipinski definition) is 5. The molecule has 0 saturated carbocycles. The number of rotatable bonds is 5. The van der Waals surface area contributed by atoms with E-state index in [2.05, 4.69) is 22.4 Å². The number of para-hydroxylation sites is 2. The molecule has 1 aliphatic heterocycles. The lowest BCUT2D eigenvalue weighted by Crippen LogP contribution is -2.40. The molecule has 2 aromatic carbocycles. The minimum atomic E-state index is 0.00513. The number of benzene rings is 2. The van der Waals surface area contributed by atoms with Crippen molar-refractivity contribution in [1.82, 2.24) is 4.98 Å². The third kappa shape index (κ3) is 3.20. The summed E-state index contributed by atoms with van der Waals surface area (Å²) in [5.41, 5.74) is 2.97. The maximum atomic E-state index is 5.80. The van der Waals surface area contributed by atoms with Crippen LogP contribution in [0.5, 0.6) is 5.75 Å². The van der Waals surface area contributed by atoms with Gasteiger partial charge in [0.2, 0.25) is 0 Å². The molecule has 3 aromatic rings. The van der Waals surface area contributed by atoms with E-state index in [0.717, 1.165) is 49.4 Å². The molecule has 5 nitrogen and oxygen atoms in total. The van der Waals surface area contributed by atoms with Gasteiger partial charge < -0.3 is 19.2 Å².